The lowest BCUT2D eigenvalue weighted by atomic mass is 9.85. The molecule has 2 N–H and O–H groups in total. The standard InChI is InChI=1S/C19H27F3N2O3.ClH/c1-13(14-4-3-7-23-12-14)10-18(25)24-16-11-15(19(20,21)22)5-6-17(16)27-9-8-26-2;/h5-6,11,13-14,23H,3-4,7-10,12H2,1-2H3,(H,24,25);1H. The molecule has 2 atom stereocenters. The van der Waals surface area contributed by atoms with Gasteiger partial charge in [-0.2, -0.15) is 13.2 Å². The molecule has 9 heteroatoms. The minimum atomic E-state index is -4.49. The first-order chi connectivity index (χ1) is 12.8. The van der Waals surface area contributed by atoms with E-state index in [4.69, 9.17) is 9.47 Å². The number of rotatable bonds is 8. The van der Waals surface area contributed by atoms with E-state index >= 15 is 0 Å². The summed E-state index contributed by atoms with van der Waals surface area (Å²) in [6.07, 6.45) is -2.12. The van der Waals surface area contributed by atoms with E-state index < -0.39 is 11.7 Å². The van der Waals surface area contributed by atoms with Gasteiger partial charge in [-0.1, -0.05) is 6.92 Å². The molecule has 2 unspecified atom stereocenters. The maximum atomic E-state index is 13.0. The Morgan fingerprint density at radius 2 is 2.11 bits per heavy atom. The van der Waals surface area contributed by atoms with Crippen molar-refractivity contribution in [3.05, 3.63) is 23.8 Å². The number of methoxy groups -OCH3 is 1. The number of benzene rings is 1. The van der Waals surface area contributed by atoms with Gasteiger partial charge < -0.3 is 20.1 Å². The molecule has 0 aliphatic carbocycles. The van der Waals surface area contributed by atoms with Gasteiger partial charge in [-0.15, -0.1) is 12.4 Å². The molecule has 1 amide bonds. The van der Waals surface area contributed by atoms with Crippen LogP contribution in [0.3, 0.4) is 0 Å². The van der Waals surface area contributed by atoms with Gasteiger partial charge >= 0.3 is 6.18 Å². The summed E-state index contributed by atoms with van der Waals surface area (Å²) in [7, 11) is 1.50. The first kappa shape index (κ1) is 24.5. The Balaban J connectivity index is 0.00000392. The van der Waals surface area contributed by atoms with Crippen molar-refractivity contribution < 1.29 is 27.4 Å². The molecule has 0 aromatic heterocycles. The number of alkyl halides is 3. The van der Waals surface area contributed by atoms with Crippen LogP contribution in [0.25, 0.3) is 0 Å². The zero-order valence-corrected chi connectivity index (χ0v) is 16.9. The van der Waals surface area contributed by atoms with E-state index in [1.54, 1.807) is 0 Å². The molecular formula is C19H28ClF3N2O3. The first-order valence-corrected chi connectivity index (χ1v) is 9.14. The predicted octanol–water partition coefficient (Wildman–Crippen LogP) is 4.12. The maximum absolute atomic E-state index is 13.0. The Bertz CT molecular complexity index is 623. The molecule has 1 fully saturated rings. The quantitative estimate of drug-likeness (QED) is 0.616. The average molecular weight is 425 g/mol. The highest BCUT2D eigenvalue weighted by atomic mass is 35.5. The smallest absolute Gasteiger partial charge is 0.416 e. The van der Waals surface area contributed by atoms with Gasteiger partial charge in [-0.25, -0.2) is 0 Å². The Labute approximate surface area is 169 Å². The molecule has 28 heavy (non-hydrogen) atoms. The van der Waals surface area contributed by atoms with Crippen molar-refractivity contribution >= 4 is 24.0 Å². The van der Waals surface area contributed by atoms with Gasteiger partial charge in [0.05, 0.1) is 17.9 Å². The minimum absolute atomic E-state index is 0. The maximum Gasteiger partial charge on any atom is 0.416 e. The third kappa shape index (κ3) is 7.48. The predicted molar refractivity (Wildman–Crippen MR) is 104 cm³/mol. The van der Waals surface area contributed by atoms with Gasteiger partial charge in [0, 0.05) is 13.5 Å². The molecule has 160 valence electrons. The summed E-state index contributed by atoms with van der Waals surface area (Å²) < 4.78 is 49.4. The second-order valence-electron chi connectivity index (χ2n) is 6.89. The molecular weight excluding hydrogens is 397 g/mol. The van der Waals surface area contributed by atoms with Crippen LogP contribution in [-0.4, -0.2) is 39.3 Å². The van der Waals surface area contributed by atoms with Crippen molar-refractivity contribution in [2.75, 3.05) is 38.7 Å². The van der Waals surface area contributed by atoms with E-state index in [0.29, 0.717) is 12.5 Å². The van der Waals surface area contributed by atoms with Crippen LogP contribution < -0.4 is 15.4 Å². The number of anilines is 1. The second kappa shape index (κ2) is 11.5. The van der Waals surface area contributed by atoms with Crippen molar-refractivity contribution in [1.82, 2.24) is 5.32 Å². The SMILES string of the molecule is COCCOc1ccc(C(F)(F)F)cc1NC(=O)CC(C)C1CCCNC1.Cl. The molecule has 0 spiro atoms. The zero-order chi connectivity index (χ0) is 19.9. The summed E-state index contributed by atoms with van der Waals surface area (Å²) in [4.78, 5) is 12.4. The van der Waals surface area contributed by atoms with Gasteiger partial charge in [0.15, 0.2) is 0 Å². The summed E-state index contributed by atoms with van der Waals surface area (Å²) in [5, 5.41) is 5.91. The fourth-order valence-electron chi connectivity index (χ4n) is 3.19. The van der Waals surface area contributed by atoms with Crippen LogP contribution in [0.15, 0.2) is 18.2 Å². The number of piperidine rings is 1. The average Bonchev–Trinajstić information content (AvgIpc) is 2.62. The second-order valence-corrected chi connectivity index (χ2v) is 6.89. The highest BCUT2D eigenvalue weighted by Crippen LogP contribution is 2.35. The van der Waals surface area contributed by atoms with Gasteiger partial charge in [-0.05, 0) is 56.0 Å². The number of amides is 1. The first-order valence-electron chi connectivity index (χ1n) is 9.14. The normalized spacial score (nSPS) is 18.1. The minimum Gasteiger partial charge on any atom is -0.489 e. The molecule has 0 bridgehead atoms. The molecule has 1 saturated heterocycles. The monoisotopic (exact) mass is 424 g/mol. The molecule has 5 nitrogen and oxygen atoms in total. The molecule has 1 aromatic carbocycles. The van der Waals surface area contributed by atoms with Crippen molar-refractivity contribution in [3.8, 4) is 5.75 Å². The van der Waals surface area contributed by atoms with E-state index in [-0.39, 0.29) is 48.7 Å². The molecule has 1 heterocycles. The van der Waals surface area contributed by atoms with Crippen LogP contribution in [0.1, 0.15) is 31.7 Å². The molecule has 1 aromatic rings. The van der Waals surface area contributed by atoms with Gasteiger partial charge in [0.2, 0.25) is 5.91 Å². The highest BCUT2D eigenvalue weighted by Gasteiger charge is 2.31. The van der Waals surface area contributed by atoms with Crippen LogP contribution >= 0.6 is 12.4 Å². The van der Waals surface area contributed by atoms with E-state index in [2.05, 4.69) is 10.6 Å². The number of nitrogens with one attached hydrogen (secondary N) is 2. The fraction of sp³-hybridized carbons (Fsp3) is 0.632. The fourth-order valence-corrected chi connectivity index (χ4v) is 3.19. The van der Waals surface area contributed by atoms with Crippen molar-refractivity contribution in [1.29, 1.82) is 0 Å². The largest absolute Gasteiger partial charge is 0.489 e. The van der Waals surface area contributed by atoms with Gasteiger partial charge in [0.1, 0.15) is 12.4 Å². The van der Waals surface area contributed by atoms with Crippen molar-refractivity contribution in [2.24, 2.45) is 11.8 Å². The Morgan fingerprint density at radius 3 is 2.71 bits per heavy atom. The summed E-state index contributed by atoms with van der Waals surface area (Å²) >= 11 is 0. The van der Waals surface area contributed by atoms with Crippen molar-refractivity contribution in [2.45, 2.75) is 32.4 Å². The lowest BCUT2D eigenvalue weighted by molar-refractivity contribution is -0.137. The Hall–Kier alpha value is -1.51. The van der Waals surface area contributed by atoms with Crippen LogP contribution in [0.4, 0.5) is 18.9 Å². The number of carbonyl (C=O) groups excluding carboxylic acids is 1. The lowest BCUT2D eigenvalue weighted by Crippen LogP contribution is -2.34. The number of halogens is 4. The molecule has 1 aliphatic rings. The topological polar surface area (TPSA) is 59.6 Å². The third-order valence-corrected chi connectivity index (χ3v) is 4.77. The van der Waals surface area contributed by atoms with Gasteiger partial charge in [0.25, 0.3) is 0 Å². The number of hydrogen-bond acceptors (Lipinski definition) is 4. The lowest BCUT2D eigenvalue weighted by Gasteiger charge is -2.28. The van der Waals surface area contributed by atoms with Crippen LogP contribution in [0, 0.1) is 11.8 Å². The zero-order valence-electron chi connectivity index (χ0n) is 16.1. The Kier molecular flexibility index (Phi) is 10.1. The van der Waals surface area contributed by atoms with Crippen LogP contribution in [0.2, 0.25) is 0 Å². The van der Waals surface area contributed by atoms with E-state index in [0.717, 1.165) is 38.1 Å². The molecule has 2 rings (SSSR count). The number of carbonyl (C=O) groups is 1. The molecule has 0 saturated carbocycles. The van der Waals surface area contributed by atoms with Crippen LogP contribution in [-0.2, 0) is 15.7 Å². The molecule has 1 aliphatic heterocycles. The summed E-state index contributed by atoms with van der Waals surface area (Å²) in [6, 6.07) is 3.07. The van der Waals surface area contributed by atoms with Gasteiger partial charge in [-0.3, -0.25) is 4.79 Å². The van der Waals surface area contributed by atoms with E-state index in [1.165, 1.54) is 13.2 Å². The summed E-state index contributed by atoms with van der Waals surface area (Å²) in [5.41, 5.74) is -0.804. The molecule has 0 radical (unpaired) electrons. The van der Waals surface area contributed by atoms with E-state index in [1.807, 2.05) is 6.92 Å². The van der Waals surface area contributed by atoms with Crippen molar-refractivity contribution in [3.63, 3.8) is 0 Å². The summed E-state index contributed by atoms with van der Waals surface area (Å²) in [6.45, 7) is 4.32. The number of hydrogen-bond donors (Lipinski definition) is 2. The Morgan fingerprint density at radius 1 is 1.36 bits per heavy atom. The summed E-state index contributed by atoms with van der Waals surface area (Å²) in [5.74, 6) is 0.411. The third-order valence-electron chi connectivity index (χ3n) is 4.77. The number of ether oxygens (including phenoxy) is 2. The van der Waals surface area contributed by atoms with Crippen LogP contribution in [0.5, 0.6) is 5.75 Å². The van der Waals surface area contributed by atoms with E-state index in [9.17, 15) is 18.0 Å². The highest BCUT2D eigenvalue weighted by molar-refractivity contribution is 5.92.